The second-order valence-electron chi connectivity index (χ2n) is 8.94. The molecule has 5 aromatic rings. The van der Waals surface area contributed by atoms with Crippen molar-refractivity contribution in [1.82, 2.24) is 19.5 Å². The first-order valence-electron chi connectivity index (χ1n) is 12.9. The summed E-state index contributed by atoms with van der Waals surface area (Å²) >= 11 is 0. The number of benzene rings is 2. The lowest BCUT2D eigenvalue weighted by atomic mass is 10.0. The molecule has 1 N–H and O–H groups in total. The molecule has 2 aromatic carbocycles. The molecule has 0 saturated carbocycles. The van der Waals surface area contributed by atoms with Crippen molar-refractivity contribution in [2.75, 3.05) is 13.2 Å². The molecule has 0 bridgehead atoms. The fraction of sp³-hybridized carbons (Fsp3) is 0.267. The number of esters is 2. The number of rotatable bonds is 10. The molecule has 0 atom stereocenters. The van der Waals surface area contributed by atoms with Crippen LogP contribution in [0.2, 0.25) is 0 Å². The first-order chi connectivity index (χ1) is 18.6. The average molecular weight is 511 g/mol. The molecule has 5 rings (SSSR count). The van der Waals surface area contributed by atoms with Crippen LogP contribution in [0.5, 0.6) is 0 Å². The molecule has 0 unspecified atom stereocenters. The van der Waals surface area contributed by atoms with Crippen LogP contribution in [0.3, 0.4) is 0 Å². The summed E-state index contributed by atoms with van der Waals surface area (Å²) in [5.74, 6) is 0.231. The molecule has 0 saturated heterocycles. The molecular formula is C30H30N4O4. The van der Waals surface area contributed by atoms with Crippen molar-refractivity contribution in [2.45, 2.75) is 39.5 Å². The van der Waals surface area contributed by atoms with Gasteiger partial charge in [0.05, 0.1) is 36.8 Å². The minimum absolute atomic E-state index is 0.208. The number of carbonyl (C=O) groups excluding carboxylic acids is 2. The Labute approximate surface area is 220 Å². The largest absolute Gasteiger partial charge is 0.466 e. The Bertz CT molecular complexity index is 1600. The third-order valence-corrected chi connectivity index (χ3v) is 6.52. The Kier molecular flexibility index (Phi) is 7.49. The van der Waals surface area contributed by atoms with Crippen LogP contribution in [0.1, 0.15) is 37.8 Å². The lowest BCUT2D eigenvalue weighted by molar-refractivity contribution is -0.144. The predicted molar refractivity (Wildman–Crippen MR) is 146 cm³/mol. The Morgan fingerprint density at radius 3 is 2.32 bits per heavy atom. The standard InChI is InChI=1S/C30H30N4O4/c1-3-37-28(35)15-13-20-19-34(26-12-8-6-9-21(20)26)27-18-31-17-25(32-27)30-23(14-16-29(36)38-4-2)22-10-5-7-11-24(22)33-30/h5-12,17-19,33H,3-4,13-16H2,1-2H3. The number of hydrogen-bond donors (Lipinski definition) is 1. The minimum atomic E-state index is -0.224. The van der Waals surface area contributed by atoms with E-state index in [1.165, 1.54) is 0 Å². The monoisotopic (exact) mass is 510 g/mol. The molecule has 0 aliphatic carbocycles. The normalized spacial score (nSPS) is 11.2. The van der Waals surface area contributed by atoms with Gasteiger partial charge in [-0.25, -0.2) is 4.98 Å². The summed E-state index contributed by atoms with van der Waals surface area (Å²) in [6.07, 6.45) is 7.16. The number of H-pyrrole nitrogens is 1. The second-order valence-corrected chi connectivity index (χ2v) is 8.94. The molecule has 0 radical (unpaired) electrons. The van der Waals surface area contributed by atoms with Crippen LogP contribution in [0.4, 0.5) is 0 Å². The number of hydrogen-bond acceptors (Lipinski definition) is 6. The van der Waals surface area contributed by atoms with E-state index in [9.17, 15) is 9.59 Å². The number of aryl methyl sites for hydroxylation is 2. The van der Waals surface area contributed by atoms with Gasteiger partial charge in [-0.15, -0.1) is 0 Å². The lowest BCUT2D eigenvalue weighted by Gasteiger charge is -2.08. The van der Waals surface area contributed by atoms with E-state index in [0.29, 0.717) is 44.0 Å². The molecular weight excluding hydrogens is 480 g/mol. The molecule has 3 heterocycles. The van der Waals surface area contributed by atoms with E-state index < -0.39 is 0 Å². The van der Waals surface area contributed by atoms with Gasteiger partial charge in [0.15, 0.2) is 5.82 Å². The van der Waals surface area contributed by atoms with Crippen LogP contribution in [-0.2, 0) is 31.9 Å². The summed E-state index contributed by atoms with van der Waals surface area (Å²) in [5.41, 5.74) is 5.53. The van der Waals surface area contributed by atoms with Gasteiger partial charge in [-0.2, -0.15) is 0 Å². The van der Waals surface area contributed by atoms with Gasteiger partial charge in [-0.1, -0.05) is 36.4 Å². The summed E-state index contributed by atoms with van der Waals surface area (Å²) in [4.78, 5) is 37.1. The number of nitrogens with zero attached hydrogens (tertiary/aromatic N) is 3. The maximum atomic E-state index is 12.1. The number of aromatic nitrogens is 4. The molecule has 194 valence electrons. The smallest absolute Gasteiger partial charge is 0.306 e. The van der Waals surface area contributed by atoms with Crippen molar-refractivity contribution in [3.05, 3.63) is 78.2 Å². The highest BCUT2D eigenvalue weighted by atomic mass is 16.5. The maximum Gasteiger partial charge on any atom is 0.306 e. The Morgan fingerprint density at radius 2 is 1.55 bits per heavy atom. The fourth-order valence-electron chi connectivity index (χ4n) is 4.84. The number of para-hydroxylation sites is 2. The van der Waals surface area contributed by atoms with Crippen LogP contribution in [-0.4, -0.2) is 44.7 Å². The van der Waals surface area contributed by atoms with E-state index in [4.69, 9.17) is 14.5 Å². The van der Waals surface area contributed by atoms with E-state index in [1.807, 2.05) is 67.1 Å². The fourth-order valence-corrected chi connectivity index (χ4v) is 4.84. The van der Waals surface area contributed by atoms with Crippen LogP contribution in [0.25, 0.3) is 39.0 Å². The van der Waals surface area contributed by atoms with Crippen molar-refractivity contribution in [3.8, 4) is 17.2 Å². The Morgan fingerprint density at radius 1 is 0.868 bits per heavy atom. The van der Waals surface area contributed by atoms with Gasteiger partial charge in [-0.05, 0) is 49.9 Å². The zero-order chi connectivity index (χ0) is 26.5. The molecule has 0 aliphatic rings. The summed E-state index contributed by atoms with van der Waals surface area (Å²) in [5, 5.41) is 2.11. The first kappa shape index (κ1) is 25.2. The van der Waals surface area contributed by atoms with E-state index in [-0.39, 0.29) is 18.4 Å². The van der Waals surface area contributed by atoms with Crippen LogP contribution < -0.4 is 0 Å². The zero-order valence-electron chi connectivity index (χ0n) is 21.6. The van der Waals surface area contributed by atoms with Gasteiger partial charge >= 0.3 is 11.9 Å². The van der Waals surface area contributed by atoms with Crippen molar-refractivity contribution < 1.29 is 19.1 Å². The summed E-state index contributed by atoms with van der Waals surface area (Å²) in [7, 11) is 0. The highest BCUT2D eigenvalue weighted by Gasteiger charge is 2.18. The van der Waals surface area contributed by atoms with Gasteiger partial charge in [0, 0.05) is 35.3 Å². The number of carbonyl (C=O) groups is 2. The Hall–Kier alpha value is -4.46. The maximum absolute atomic E-state index is 12.1. The third-order valence-electron chi connectivity index (χ3n) is 6.52. The Balaban J connectivity index is 1.53. The number of ether oxygens (including phenoxy) is 2. The molecule has 0 spiro atoms. The minimum Gasteiger partial charge on any atom is -0.466 e. The van der Waals surface area contributed by atoms with Gasteiger partial charge in [0.2, 0.25) is 0 Å². The quantitative estimate of drug-likeness (QED) is 0.247. The first-order valence-corrected chi connectivity index (χ1v) is 12.9. The summed E-state index contributed by atoms with van der Waals surface area (Å²) in [6.45, 7) is 4.35. The van der Waals surface area contributed by atoms with Gasteiger partial charge in [-0.3, -0.25) is 19.1 Å². The van der Waals surface area contributed by atoms with Crippen LogP contribution >= 0.6 is 0 Å². The van der Waals surface area contributed by atoms with Crippen molar-refractivity contribution in [1.29, 1.82) is 0 Å². The van der Waals surface area contributed by atoms with E-state index in [0.717, 1.165) is 38.6 Å². The molecule has 8 nitrogen and oxygen atoms in total. The average Bonchev–Trinajstić information content (AvgIpc) is 3.50. The summed E-state index contributed by atoms with van der Waals surface area (Å²) in [6, 6.07) is 16.1. The van der Waals surface area contributed by atoms with E-state index >= 15 is 0 Å². The molecule has 0 fully saturated rings. The second kappa shape index (κ2) is 11.3. The van der Waals surface area contributed by atoms with E-state index in [1.54, 1.807) is 12.4 Å². The number of aromatic amines is 1. The number of nitrogens with one attached hydrogen (secondary N) is 1. The number of fused-ring (bicyclic) bond motifs is 2. The van der Waals surface area contributed by atoms with Crippen molar-refractivity contribution >= 4 is 33.7 Å². The van der Waals surface area contributed by atoms with Crippen molar-refractivity contribution in [3.63, 3.8) is 0 Å². The van der Waals surface area contributed by atoms with Gasteiger partial charge in [0.25, 0.3) is 0 Å². The molecule has 38 heavy (non-hydrogen) atoms. The van der Waals surface area contributed by atoms with Gasteiger partial charge < -0.3 is 14.5 Å². The highest BCUT2D eigenvalue weighted by molar-refractivity contribution is 5.91. The SMILES string of the molecule is CCOC(=O)CCc1c(-c2cncc(-n3cc(CCC(=O)OCC)c4ccccc43)n2)[nH]c2ccccc12. The molecule has 0 aliphatic heterocycles. The van der Waals surface area contributed by atoms with E-state index in [2.05, 4.69) is 16.0 Å². The zero-order valence-corrected chi connectivity index (χ0v) is 21.6. The molecule has 8 heteroatoms. The molecule has 3 aromatic heterocycles. The van der Waals surface area contributed by atoms with Crippen LogP contribution in [0, 0.1) is 0 Å². The third kappa shape index (κ3) is 5.16. The lowest BCUT2D eigenvalue weighted by Crippen LogP contribution is -2.06. The highest BCUT2D eigenvalue weighted by Crippen LogP contribution is 2.31. The van der Waals surface area contributed by atoms with Crippen LogP contribution in [0.15, 0.2) is 67.1 Å². The molecule has 0 amide bonds. The summed E-state index contributed by atoms with van der Waals surface area (Å²) < 4.78 is 12.3. The van der Waals surface area contributed by atoms with Crippen molar-refractivity contribution in [2.24, 2.45) is 0 Å². The predicted octanol–water partition coefficient (Wildman–Crippen LogP) is 5.56. The topological polar surface area (TPSA) is 99.1 Å². The van der Waals surface area contributed by atoms with Gasteiger partial charge in [0.1, 0.15) is 5.69 Å².